The lowest BCUT2D eigenvalue weighted by molar-refractivity contribution is -0.133. The molecule has 25 heavy (non-hydrogen) atoms. The molecule has 0 bridgehead atoms. The average molecular weight is 340 g/mol. The first-order valence-electron chi connectivity index (χ1n) is 9.00. The number of carbonyl (C=O) groups excluding carboxylic acids is 1. The number of hydrogen-bond donors (Lipinski definition) is 0. The van der Waals surface area contributed by atoms with E-state index < -0.39 is 0 Å². The van der Waals surface area contributed by atoms with Crippen molar-refractivity contribution in [3.63, 3.8) is 0 Å². The van der Waals surface area contributed by atoms with E-state index in [1.165, 1.54) is 11.3 Å². The van der Waals surface area contributed by atoms with Crippen LogP contribution in [0.3, 0.4) is 0 Å². The number of amides is 1. The molecule has 0 saturated carbocycles. The van der Waals surface area contributed by atoms with Crippen LogP contribution in [0, 0.1) is 13.8 Å². The number of anilines is 1. The molecule has 1 aromatic heterocycles. The van der Waals surface area contributed by atoms with Crippen LogP contribution < -0.4 is 4.90 Å². The minimum absolute atomic E-state index is 0.191. The molecule has 0 unspecified atom stereocenters. The second-order valence-electron chi connectivity index (χ2n) is 7.04. The molecule has 0 fully saturated rings. The van der Waals surface area contributed by atoms with Crippen LogP contribution in [-0.4, -0.2) is 40.2 Å². The van der Waals surface area contributed by atoms with Crippen LogP contribution in [0.2, 0.25) is 0 Å². The number of hydrogen-bond acceptors (Lipinski definition) is 3. The van der Waals surface area contributed by atoms with Crippen LogP contribution >= 0.6 is 0 Å². The van der Waals surface area contributed by atoms with E-state index in [9.17, 15) is 4.79 Å². The van der Waals surface area contributed by atoms with Gasteiger partial charge in [-0.25, -0.2) is 0 Å². The fraction of sp³-hybridized carbons (Fsp3) is 0.500. The van der Waals surface area contributed by atoms with E-state index in [4.69, 9.17) is 0 Å². The molecule has 2 heterocycles. The van der Waals surface area contributed by atoms with Crippen molar-refractivity contribution in [1.82, 2.24) is 14.7 Å². The Kier molecular flexibility index (Phi) is 4.84. The van der Waals surface area contributed by atoms with Crippen molar-refractivity contribution in [2.75, 3.05) is 18.5 Å². The van der Waals surface area contributed by atoms with Gasteiger partial charge in [0.05, 0.1) is 12.1 Å². The molecule has 1 aliphatic heterocycles. The zero-order valence-electron chi connectivity index (χ0n) is 15.9. The maximum atomic E-state index is 13.2. The van der Waals surface area contributed by atoms with Crippen molar-refractivity contribution >= 4 is 11.6 Å². The first-order valence-corrected chi connectivity index (χ1v) is 9.00. The van der Waals surface area contributed by atoms with E-state index in [0.717, 1.165) is 29.9 Å². The summed E-state index contributed by atoms with van der Waals surface area (Å²) >= 11 is 0. The van der Waals surface area contributed by atoms with E-state index in [0.29, 0.717) is 13.0 Å². The molecule has 3 rings (SSSR count). The topological polar surface area (TPSA) is 41.4 Å². The molecule has 0 radical (unpaired) electrons. The highest BCUT2D eigenvalue weighted by Gasteiger charge is 2.29. The van der Waals surface area contributed by atoms with Crippen LogP contribution in [0.15, 0.2) is 24.3 Å². The van der Waals surface area contributed by atoms with Gasteiger partial charge in [-0.2, -0.15) is 5.10 Å². The standard InChI is InChI=1S/C20H28N4O/c1-6-17-13-22(4)19-10-8-7-9-16(19)12-24(17)20(25)11-18-14(2)21-23(5)15(18)3/h7-10,17H,6,11-13H2,1-5H3/t17-/m1/s1. The Morgan fingerprint density at radius 2 is 1.96 bits per heavy atom. The van der Waals surface area contributed by atoms with Crippen LogP contribution in [0.1, 0.15) is 35.9 Å². The molecular formula is C20H28N4O. The van der Waals surface area contributed by atoms with Crippen molar-refractivity contribution in [1.29, 1.82) is 0 Å². The van der Waals surface area contributed by atoms with E-state index in [2.05, 4.69) is 53.1 Å². The highest BCUT2D eigenvalue weighted by atomic mass is 16.2. The predicted octanol–water partition coefficient (Wildman–Crippen LogP) is 2.84. The number of nitrogens with zero attached hydrogens (tertiary/aromatic N) is 4. The Morgan fingerprint density at radius 1 is 1.24 bits per heavy atom. The van der Waals surface area contributed by atoms with Crippen LogP contribution in [0.25, 0.3) is 0 Å². The molecule has 5 heteroatoms. The molecule has 134 valence electrons. The van der Waals surface area contributed by atoms with Gasteiger partial charge in [-0.3, -0.25) is 9.48 Å². The quantitative estimate of drug-likeness (QED) is 0.863. The highest BCUT2D eigenvalue weighted by Crippen LogP contribution is 2.28. The van der Waals surface area contributed by atoms with Crippen molar-refractivity contribution in [2.24, 2.45) is 7.05 Å². The van der Waals surface area contributed by atoms with Gasteiger partial charge >= 0.3 is 0 Å². The summed E-state index contributed by atoms with van der Waals surface area (Å²) in [5, 5.41) is 4.45. The molecule has 1 amide bonds. The fourth-order valence-electron chi connectivity index (χ4n) is 3.81. The number of rotatable bonds is 3. The summed E-state index contributed by atoms with van der Waals surface area (Å²) in [6, 6.07) is 8.62. The van der Waals surface area contributed by atoms with Crippen LogP contribution in [0.4, 0.5) is 5.69 Å². The van der Waals surface area contributed by atoms with Gasteiger partial charge in [0.15, 0.2) is 0 Å². The summed E-state index contributed by atoms with van der Waals surface area (Å²) in [5.74, 6) is 0.191. The number of carbonyl (C=O) groups is 1. The number of likely N-dealkylation sites (N-methyl/N-ethyl adjacent to an activating group) is 1. The molecule has 1 atom stereocenters. The first-order chi connectivity index (χ1) is 11.9. The molecule has 0 saturated heterocycles. The summed E-state index contributed by atoms with van der Waals surface area (Å²) in [6.45, 7) is 7.72. The second kappa shape index (κ2) is 6.90. The smallest absolute Gasteiger partial charge is 0.227 e. The Labute approximate surface area is 150 Å². The van der Waals surface area contributed by atoms with Crippen molar-refractivity contribution < 1.29 is 4.79 Å². The third kappa shape index (κ3) is 3.28. The SMILES string of the molecule is CC[C@@H]1CN(C)c2ccccc2CN1C(=O)Cc1c(C)nn(C)c1C. The van der Waals surface area contributed by atoms with E-state index >= 15 is 0 Å². The number of benzene rings is 1. The number of aryl methyl sites for hydroxylation is 2. The summed E-state index contributed by atoms with van der Waals surface area (Å²) < 4.78 is 1.86. The lowest BCUT2D eigenvalue weighted by Crippen LogP contribution is -2.44. The predicted molar refractivity (Wildman–Crippen MR) is 101 cm³/mol. The first kappa shape index (κ1) is 17.5. The molecular weight excluding hydrogens is 312 g/mol. The molecule has 1 aromatic carbocycles. The van der Waals surface area contributed by atoms with Crippen LogP contribution in [-0.2, 0) is 24.8 Å². The minimum Gasteiger partial charge on any atom is -0.372 e. The Balaban J connectivity index is 1.89. The third-order valence-corrected chi connectivity index (χ3v) is 5.45. The number of aromatic nitrogens is 2. The van der Waals surface area contributed by atoms with Gasteiger partial charge in [0, 0.05) is 50.2 Å². The van der Waals surface area contributed by atoms with Crippen molar-refractivity contribution in [3.05, 3.63) is 46.8 Å². The minimum atomic E-state index is 0.191. The molecule has 0 N–H and O–H groups in total. The molecule has 2 aromatic rings. The molecule has 0 spiro atoms. The third-order valence-electron chi connectivity index (χ3n) is 5.45. The zero-order chi connectivity index (χ0) is 18.1. The summed E-state index contributed by atoms with van der Waals surface area (Å²) in [6.07, 6.45) is 1.38. The Bertz CT molecular complexity index is 780. The highest BCUT2D eigenvalue weighted by molar-refractivity contribution is 5.80. The number of fused-ring (bicyclic) bond motifs is 1. The van der Waals surface area contributed by atoms with Crippen molar-refractivity contribution in [2.45, 2.75) is 46.2 Å². The van der Waals surface area contributed by atoms with Gasteiger partial charge < -0.3 is 9.80 Å². The second-order valence-corrected chi connectivity index (χ2v) is 7.04. The van der Waals surface area contributed by atoms with Gasteiger partial charge in [-0.05, 0) is 31.9 Å². The van der Waals surface area contributed by atoms with Gasteiger partial charge in [-0.1, -0.05) is 25.1 Å². The zero-order valence-corrected chi connectivity index (χ0v) is 15.9. The average Bonchev–Trinajstić information content (AvgIpc) is 2.76. The molecule has 0 aliphatic carbocycles. The largest absolute Gasteiger partial charge is 0.372 e. The van der Waals surface area contributed by atoms with Gasteiger partial charge in [-0.15, -0.1) is 0 Å². The maximum Gasteiger partial charge on any atom is 0.227 e. The fourth-order valence-corrected chi connectivity index (χ4v) is 3.81. The van der Waals surface area contributed by atoms with E-state index in [1.54, 1.807) is 0 Å². The number of para-hydroxylation sites is 1. The Morgan fingerprint density at radius 3 is 2.60 bits per heavy atom. The lowest BCUT2D eigenvalue weighted by atomic mass is 10.1. The normalized spacial score (nSPS) is 17.4. The summed E-state index contributed by atoms with van der Waals surface area (Å²) in [7, 11) is 4.05. The van der Waals surface area contributed by atoms with Gasteiger partial charge in [0.1, 0.15) is 0 Å². The Hall–Kier alpha value is -2.30. The molecule has 5 nitrogen and oxygen atoms in total. The van der Waals surface area contributed by atoms with E-state index in [-0.39, 0.29) is 11.9 Å². The monoisotopic (exact) mass is 340 g/mol. The summed E-state index contributed by atoms with van der Waals surface area (Å²) in [4.78, 5) is 17.5. The summed E-state index contributed by atoms with van der Waals surface area (Å²) in [5.41, 5.74) is 5.53. The van der Waals surface area contributed by atoms with Gasteiger partial charge in [0.2, 0.25) is 5.91 Å². The van der Waals surface area contributed by atoms with E-state index in [1.807, 2.05) is 25.6 Å². The van der Waals surface area contributed by atoms with Crippen molar-refractivity contribution in [3.8, 4) is 0 Å². The van der Waals surface area contributed by atoms with Gasteiger partial charge in [0.25, 0.3) is 0 Å². The lowest BCUT2D eigenvalue weighted by Gasteiger charge is -2.31. The molecule has 1 aliphatic rings. The maximum absolute atomic E-state index is 13.2. The van der Waals surface area contributed by atoms with Crippen LogP contribution in [0.5, 0.6) is 0 Å².